The van der Waals surface area contributed by atoms with Crippen LogP contribution in [0.4, 0.5) is 11.4 Å². The highest BCUT2D eigenvalue weighted by atomic mass is 16.3. The standard InChI is InChI=1S/C14H23N3O2/c1-4-5-11(18)9-16-14(19)12-8-10(15)6-7-13(12)17(2)3/h6-8,11,18H,4-5,9,15H2,1-3H3,(H,16,19). The van der Waals surface area contributed by atoms with E-state index in [9.17, 15) is 9.90 Å². The summed E-state index contributed by atoms with van der Waals surface area (Å²) in [5.41, 5.74) is 7.59. The molecule has 0 fully saturated rings. The molecule has 0 aliphatic heterocycles. The molecule has 1 atom stereocenters. The minimum Gasteiger partial charge on any atom is -0.399 e. The first-order valence-electron chi connectivity index (χ1n) is 6.48. The lowest BCUT2D eigenvalue weighted by Gasteiger charge is -2.18. The Bertz CT molecular complexity index is 433. The molecule has 1 rings (SSSR count). The molecule has 0 aliphatic carbocycles. The van der Waals surface area contributed by atoms with E-state index >= 15 is 0 Å². The van der Waals surface area contributed by atoms with Gasteiger partial charge in [-0.25, -0.2) is 0 Å². The van der Waals surface area contributed by atoms with Crippen LogP contribution >= 0.6 is 0 Å². The lowest BCUT2D eigenvalue weighted by Crippen LogP contribution is -2.33. The number of hydrogen-bond donors (Lipinski definition) is 3. The van der Waals surface area contributed by atoms with Gasteiger partial charge in [-0.05, 0) is 24.6 Å². The summed E-state index contributed by atoms with van der Waals surface area (Å²) in [5.74, 6) is -0.217. The lowest BCUT2D eigenvalue weighted by molar-refractivity contribution is 0.0910. The quantitative estimate of drug-likeness (QED) is 0.676. The van der Waals surface area contributed by atoms with Gasteiger partial charge in [-0.3, -0.25) is 4.79 Å². The van der Waals surface area contributed by atoms with Gasteiger partial charge >= 0.3 is 0 Å². The highest BCUT2D eigenvalue weighted by molar-refractivity contribution is 6.00. The summed E-state index contributed by atoms with van der Waals surface area (Å²) >= 11 is 0. The number of carbonyl (C=O) groups is 1. The Balaban J connectivity index is 2.78. The van der Waals surface area contributed by atoms with E-state index in [1.54, 1.807) is 12.1 Å². The molecule has 5 heteroatoms. The molecule has 4 N–H and O–H groups in total. The number of benzene rings is 1. The molecule has 0 aliphatic rings. The third-order valence-corrected chi connectivity index (χ3v) is 2.87. The molecular formula is C14H23N3O2. The summed E-state index contributed by atoms with van der Waals surface area (Å²) in [4.78, 5) is 14.0. The minimum atomic E-state index is -0.502. The van der Waals surface area contributed by atoms with Crippen LogP contribution in [-0.2, 0) is 0 Å². The number of carbonyl (C=O) groups excluding carboxylic acids is 1. The molecule has 1 aromatic rings. The summed E-state index contributed by atoms with van der Waals surface area (Å²) in [6.07, 6.45) is 1.06. The van der Waals surface area contributed by atoms with Gasteiger partial charge in [0.1, 0.15) is 0 Å². The van der Waals surface area contributed by atoms with Crippen molar-refractivity contribution in [2.24, 2.45) is 0 Å². The second-order valence-electron chi connectivity index (χ2n) is 4.82. The highest BCUT2D eigenvalue weighted by Gasteiger charge is 2.14. The largest absolute Gasteiger partial charge is 0.399 e. The second-order valence-corrected chi connectivity index (χ2v) is 4.82. The van der Waals surface area contributed by atoms with Gasteiger partial charge in [-0.2, -0.15) is 0 Å². The van der Waals surface area contributed by atoms with Crippen molar-refractivity contribution >= 4 is 17.3 Å². The molecular weight excluding hydrogens is 242 g/mol. The Kier molecular flexibility index (Phi) is 5.63. The maximum absolute atomic E-state index is 12.1. The van der Waals surface area contributed by atoms with E-state index in [1.165, 1.54) is 0 Å². The van der Waals surface area contributed by atoms with E-state index in [2.05, 4.69) is 5.32 Å². The van der Waals surface area contributed by atoms with Gasteiger partial charge in [0.2, 0.25) is 0 Å². The SMILES string of the molecule is CCCC(O)CNC(=O)c1cc(N)ccc1N(C)C. The molecule has 19 heavy (non-hydrogen) atoms. The predicted octanol–water partition coefficient (Wildman–Crippen LogP) is 1.23. The topological polar surface area (TPSA) is 78.6 Å². The highest BCUT2D eigenvalue weighted by Crippen LogP contribution is 2.21. The van der Waals surface area contributed by atoms with Gasteiger partial charge in [-0.1, -0.05) is 13.3 Å². The number of nitrogens with two attached hydrogens (primary N) is 1. The number of hydrogen-bond acceptors (Lipinski definition) is 4. The van der Waals surface area contributed by atoms with Crippen LogP contribution in [0.2, 0.25) is 0 Å². The van der Waals surface area contributed by atoms with Crippen LogP contribution in [-0.4, -0.2) is 37.8 Å². The van der Waals surface area contributed by atoms with Crippen LogP contribution in [0.25, 0.3) is 0 Å². The van der Waals surface area contributed by atoms with E-state index in [0.717, 1.165) is 12.1 Å². The van der Waals surface area contributed by atoms with Crippen LogP contribution < -0.4 is 16.0 Å². The van der Waals surface area contributed by atoms with Crippen LogP contribution in [0.3, 0.4) is 0 Å². The second kappa shape index (κ2) is 6.99. The Morgan fingerprint density at radius 1 is 1.47 bits per heavy atom. The Hall–Kier alpha value is -1.75. The first-order chi connectivity index (χ1) is 8.95. The minimum absolute atomic E-state index is 0.217. The first kappa shape index (κ1) is 15.3. The zero-order valence-corrected chi connectivity index (χ0v) is 11.8. The fourth-order valence-electron chi connectivity index (χ4n) is 1.87. The number of nitrogen functional groups attached to an aromatic ring is 1. The zero-order valence-electron chi connectivity index (χ0n) is 11.8. The summed E-state index contributed by atoms with van der Waals surface area (Å²) in [7, 11) is 3.74. The lowest BCUT2D eigenvalue weighted by atomic mass is 10.1. The first-order valence-corrected chi connectivity index (χ1v) is 6.48. The molecule has 5 nitrogen and oxygen atoms in total. The number of aliphatic hydroxyl groups excluding tert-OH is 1. The normalized spacial score (nSPS) is 12.0. The van der Waals surface area contributed by atoms with Gasteiger partial charge in [0.05, 0.1) is 11.7 Å². The molecule has 0 saturated heterocycles. The van der Waals surface area contributed by atoms with Crippen LogP contribution in [0.1, 0.15) is 30.1 Å². The molecule has 1 unspecified atom stereocenters. The van der Waals surface area contributed by atoms with Gasteiger partial charge in [0.25, 0.3) is 5.91 Å². The average molecular weight is 265 g/mol. The Labute approximate surface area is 114 Å². The van der Waals surface area contributed by atoms with Gasteiger partial charge in [0.15, 0.2) is 0 Å². The van der Waals surface area contributed by atoms with Crippen LogP contribution in [0.5, 0.6) is 0 Å². The number of anilines is 2. The number of rotatable bonds is 6. The molecule has 0 spiro atoms. The van der Waals surface area contributed by atoms with Crippen molar-refractivity contribution in [2.45, 2.75) is 25.9 Å². The molecule has 0 aromatic heterocycles. The average Bonchev–Trinajstić information content (AvgIpc) is 2.35. The Morgan fingerprint density at radius 3 is 2.74 bits per heavy atom. The van der Waals surface area contributed by atoms with Crippen molar-refractivity contribution < 1.29 is 9.90 Å². The van der Waals surface area contributed by atoms with E-state index in [4.69, 9.17) is 5.73 Å². The Morgan fingerprint density at radius 2 is 2.16 bits per heavy atom. The molecule has 1 aromatic carbocycles. The van der Waals surface area contributed by atoms with Crippen molar-refractivity contribution in [3.05, 3.63) is 23.8 Å². The maximum atomic E-state index is 12.1. The molecule has 106 valence electrons. The van der Waals surface area contributed by atoms with Crippen molar-refractivity contribution in [1.82, 2.24) is 5.32 Å². The fourth-order valence-corrected chi connectivity index (χ4v) is 1.87. The maximum Gasteiger partial charge on any atom is 0.253 e. The summed E-state index contributed by atoms with van der Waals surface area (Å²) in [5, 5.41) is 12.4. The van der Waals surface area contributed by atoms with E-state index < -0.39 is 6.10 Å². The molecule has 1 amide bonds. The molecule has 0 heterocycles. The van der Waals surface area contributed by atoms with Gasteiger partial charge in [0, 0.05) is 32.0 Å². The van der Waals surface area contributed by atoms with Gasteiger partial charge in [-0.15, -0.1) is 0 Å². The third kappa shape index (κ3) is 4.44. The van der Waals surface area contributed by atoms with Crippen molar-refractivity contribution in [3.63, 3.8) is 0 Å². The number of nitrogens with zero attached hydrogens (tertiary/aromatic N) is 1. The predicted molar refractivity (Wildman–Crippen MR) is 78.4 cm³/mol. The molecule has 0 saturated carbocycles. The van der Waals surface area contributed by atoms with E-state index in [1.807, 2.05) is 32.0 Å². The summed E-state index contributed by atoms with van der Waals surface area (Å²) in [6.45, 7) is 2.25. The summed E-state index contributed by atoms with van der Waals surface area (Å²) in [6, 6.07) is 5.22. The van der Waals surface area contributed by atoms with Crippen molar-refractivity contribution in [2.75, 3.05) is 31.3 Å². The zero-order chi connectivity index (χ0) is 14.4. The monoisotopic (exact) mass is 265 g/mol. The number of nitrogens with one attached hydrogen (secondary N) is 1. The molecule has 0 bridgehead atoms. The van der Waals surface area contributed by atoms with Gasteiger partial charge < -0.3 is 21.1 Å². The van der Waals surface area contributed by atoms with E-state index in [0.29, 0.717) is 17.7 Å². The van der Waals surface area contributed by atoms with Crippen molar-refractivity contribution in [1.29, 1.82) is 0 Å². The third-order valence-electron chi connectivity index (χ3n) is 2.87. The van der Waals surface area contributed by atoms with Crippen molar-refractivity contribution in [3.8, 4) is 0 Å². The summed E-state index contributed by atoms with van der Waals surface area (Å²) < 4.78 is 0. The van der Waals surface area contributed by atoms with Crippen LogP contribution in [0.15, 0.2) is 18.2 Å². The smallest absolute Gasteiger partial charge is 0.253 e. The fraction of sp³-hybridized carbons (Fsp3) is 0.500. The van der Waals surface area contributed by atoms with Crippen LogP contribution in [0, 0.1) is 0 Å². The van der Waals surface area contributed by atoms with E-state index in [-0.39, 0.29) is 12.5 Å². The molecule has 0 radical (unpaired) electrons. The number of amides is 1. The number of aliphatic hydroxyl groups is 1.